The van der Waals surface area contributed by atoms with Crippen LogP contribution < -0.4 is 10.1 Å². The summed E-state index contributed by atoms with van der Waals surface area (Å²) in [7, 11) is 0. The Morgan fingerprint density at radius 1 is 1.20 bits per heavy atom. The number of piperidine rings is 1. The van der Waals surface area contributed by atoms with E-state index in [0.29, 0.717) is 22.2 Å². The van der Waals surface area contributed by atoms with Gasteiger partial charge in [0.05, 0.1) is 5.02 Å². The molecule has 2 aliphatic heterocycles. The first-order chi connectivity index (χ1) is 12.2. The van der Waals surface area contributed by atoms with Crippen molar-refractivity contribution in [2.24, 2.45) is 5.92 Å². The Bertz CT molecular complexity index is 736. The monoisotopic (exact) mass is 357 g/mol. The maximum absolute atomic E-state index is 12.5. The zero-order valence-corrected chi connectivity index (χ0v) is 14.6. The molecule has 1 unspecified atom stereocenters. The van der Waals surface area contributed by atoms with Gasteiger partial charge in [0.2, 0.25) is 5.88 Å². The molecule has 2 fully saturated rings. The molecule has 3 heterocycles. The van der Waals surface area contributed by atoms with Crippen molar-refractivity contribution in [3.05, 3.63) is 53.2 Å². The normalized spacial score (nSPS) is 24.8. The smallest absolute Gasteiger partial charge is 0.251 e. The molecule has 25 heavy (non-hydrogen) atoms. The molecule has 0 aliphatic carbocycles. The van der Waals surface area contributed by atoms with Crippen LogP contribution in [0.5, 0.6) is 11.6 Å². The number of benzene rings is 1. The zero-order valence-electron chi connectivity index (χ0n) is 13.8. The Kier molecular flexibility index (Phi) is 4.59. The summed E-state index contributed by atoms with van der Waals surface area (Å²) in [4.78, 5) is 19.0. The molecule has 0 spiro atoms. The van der Waals surface area contributed by atoms with Crippen molar-refractivity contribution in [1.29, 1.82) is 0 Å². The Morgan fingerprint density at radius 2 is 2.04 bits per heavy atom. The fraction of sp³-hybridized carbons (Fsp3) is 0.368. The molecule has 1 N–H and O–H groups in total. The van der Waals surface area contributed by atoms with Gasteiger partial charge >= 0.3 is 0 Å². The third-order valence-electron chi connectivity index (χ3n) is 4.84. The van der Waals surface area contributed by atoms with Crippen LogP contribution in [0.4, 0.5) is 0 Å². The first-order valence-corrected chi connectivity index (χ1v) is 8.96. The Balaban J connectivity index is 1.36. The molecule has 130 valence electrons. The summed E-state index contributed by atoms with van der Waals surface area (Å²) in [6.07, 6.45) is 3.88. The SMILES string of the molecule is O=C(N[C@@H]1C[C@@H]2CCN(C2)C1)c1ccc(Oc2ccc(Cl)cn2)cc1. The molecule has 4 rings (SSSR count). The number of carbonyl (C=O) groups is 1. The average Bonchev–Trinajstić information content (AvgIpc) is 2.96. The minimum absolute atomic E-state index is 0.0244. The van der Waals surface area contributed by atoms with Crippen molar-refractivity contribution in [2.45, 2.75) is 18.9 Å². The van der Waals surface area contributed by atoms with E-state index in [9.17, 15) is 4.79 Å². The van der Waals surface area contributed by atoms with Gasteiger partial charge in [0.15, 0.2) is 0 Å². The van der Waals surface area contributed by atoms with E-state index in [4.69, 9.17) is 16.3 Å². The maximum Gasteiger partial charge on any atom is 0.251 e. The molecule has 0 radical (unpaired) electrons. The number of carbonyl (C=O) groups excluding carboxylic acids is 1. The van der Waals surface area contributed by atoms with E-state index >= 15 is 0 Å². The van der Waals surface area contributed by atoms with Gasteiger partial charge in [-0.2, -0.15) is 0 Å². The van der Waals surface area contributed by atoms with Gasteiger partial charge in [0.25, 0.3) is 5.91 Å². The fourth-order valence-corrected chi connectivity index (χ4v) is 3.76. The van der Waals surface area contributed by atoms with Gasteiger partial charge in [-0.05, 0) is 55.6 Å². The number of hydrogen-bond acceptors (Lipinski definition) is 4. The number of nitrogens with zero attached hydrogens (tertiary/aromatic N) is 2. The number of nitrogens with one attached hydrogen (secondary N) is 1. The molecule has 2 aliphatic rings. The largest absolute Gasteiger partial charge is 0.439 e. The summed E-state index contributed by atoms with van der Waals surface area (Å²) in [6, 6.07) is 10.8. The lowest BCUT2D eigenvalue weighted by Gasteiger charge is -2.30. The highest BCUT2D eigenvalue weighted by Crippen LogP contribution is 2.27. The van der Waals surface area contributed by atoms with Gasteiger partial charge in [0.1, 0.15) is 5.75 Å². The Morgan fingerprint density at radius 3 is 2.76 bits per heavy atom. The van der Waals surface area contributed by atoms with Crippen molar-refractivity contribution >= 4 is 17.5 Å². The van der Waals surface area contributed by atoms with E-state index in [-0.39, 0.29) is 11.9 Å². The molecule has 5 nitrogen and oxygen atoms in total. The fourth-order valence-electron chi connectivity index (χ4n) is 3.65. The topological polar surface area (TPSA) is 54.5 Å². The zero-order chi connectivity index (χ0) is 17.2. The summed E-state index contributed by atoms with van der Waals surface area (Å²) in [5.74, 6) is 1.81. The van der Waals surface area contributed by atoms with Crippen LogP contribution in [0.3, 0.4) is 0 Å². The summed E-state index contributed by atoms with van der Waals surface area (Å²) < 4.78 is 5.65. The van der Waals surface area contributed by atoms with Crippen LogP contribution in [0, 0.1) is 5.92 Å². The van der Waals surface area contributed by atoms with Crippen LogP contribution in [-0.2, 0) is 0 Å². The predicted octanol–water partition coefficient (Wildman–Crippen LogP) is 3.35. The van der Waals surface area contributed by atoms with E-state index in [2.05, 4.69) is 15.2 Å². The van der Waals surface area contributed by atoms with E-state index in [0.717, 1.165) is 18.9 Å². The summed E-state index contributed by atoms with van der Waals surface area (Å²) >= 11 is 5.81. The molecule has 6 heteroatoms. The molecule has 1 aromatic heterocycles. The van der Waals surface area contributed by atoms with E-state index in [1.807, 2.05) is 0 Å². The highest BCUT2D eigenvalue weighted by atomic mass is 35.5. The molecule has 1 aromatic carbocycles. The third kappa shape index (κ3) is 3.94. The summed E-state index contributed by atoms with van der Waals surface area (Å²) in [6.45, 7) is 3.32. The number of amides is 1. The predicted molar refractivity (Wildman–Crippen MR) is 96.2 cm³/mol. The minimum Gasteiger partial charge on any atom is -0.439 e. The summed E-state index contributed by atoms with van der Waals surface area (Å²) in [5, 5.41) is 3.72. The lowest BCUT2D eigenvalue weighted by atomic mass is 9.96. The maximum atomic E-state index is 12.5. The van der Waals surface area contributed by atoms with Crippen LogP contribution in [0.15, 0.2) is 42.6 Å². The van der Waals surface area contributed by atoms with Gasteiger partial charge in [-0.25, -0.2) is 4.98 Å². The van der Waals surface area contributed by atoms with Crippen molar-refractivity contribution in [3.63, 3.8) is 0 Å². The van der Waals surface area contributed by atoms with Crippen molar-refractivity contribution in [3.8, 4) is 11.6 Å². The number of aromatic nitrogens is 1. The molecule has 2 saturated heterocycles. The second-order valence-electron chi connectivity index (χ2n) is 6.76. The Labute approximate surface area is 152 Å². The van der Waals surface area contributed by atoms with Crippen LogP contribution in [0.1, 0.15) is 23.2 Å². The highest BCUT2D eigenvalue weighted by Gasteiger charge is 2.32. The van der Waals surface area contributed by atoms with Gasteiger partial charge in [-0.1, -0.05) is 11.6 Å². The van der Waals surface area contributed by atoms with Crippen LogP contribution in [0.2, 0.25) is 5.02 Å². The number of hydrogen-bond donors (Lipinski definition) is 1. The number of halogens is 1. The van der Waals surface area contributed by atoms with Crippen molar-refractivity contribution in [2.75, 3.05) is 19.6 Å². The lowest BCUT2D eigenvalue weighted by molar-refractivity contribution is 0.0909. The van der Waals surface area contributed by atoms with Gasteiger partial charge in [-0.15, -0.1) is 0 Å². The number of pyridine rings is 1. The van der Waals surface area contributed by atoms with E-state index in [1.54, 1.807) is 36.4 Å². The second-order valence-corrected chi connectivity index (χ2v) is 7.20. The molecular weight excluding hydrogens is 338 g/mol. The molecular formula is C19H20ClN3O2. The Hall–Kier alpha value is -2.11. The summed E-state index contributed by atoms with van der Waals surface area (Å²) in [5.41, 5.74) is 0.643. The molecule has 3 atom stereocenters. The quantitative estimate of drug-likeness (QED) is 0.911. The van der Waals surface area contributed by atoms with Crippen LogP contribution in [0.25, 0.3) is 0 Å². The number of rotatable bonds is 4. The number of fused-ring (bicyclic) bond motifs is 2. The number of ether oxygens (including phenoxy) is 1. The molecule has 1 amide bonds. The molecule has 2 aromatic rings. The third-order valence-corrected chi connectivity index (χ3v) is 5.06. The first kappa shape index (κ1) is 16.4. The van der Waals surface area contributed by atoms with Gasteiger partial charge in [-0.3, -0.25) is 4.79 Å². The molecule has 0 saturated carbocycles. The van der Waals surface area contributed by atoms with Gasteiger partial charge < -0.3 is 15.0 Å². The van der Waals surface area contributed by atoms with E-state index < -0.39 is 0 Å². The van der Waals surface area contributed by atoms with E-state index in [1.165, 1.54) is 25.7 Å². The van der Waals surface area contributed by atoms with Crippen LogP contribution >= 0.6 is 11.6 Å². The minimum atomic E-state index is -0.0244. The highest BCUT2D eigenvalue weighted by molar-refractivity contribution is 6.30. The van der Waals surface area contributed by atoms with Crippen molar-refractivity contribution in [1.82, 2.24) is 15.2 Å². The molecule has 2 bridgehead atoms. The standard InChI is InChI=1S/C19H20ClN3O2/c20-15-3-6-18(21-10-15)25-17-4-1-14(2-5-17)19(24)22-16-9-13-7-8-23(11-13)12-16/h1-6,10,13,16H,7-9,11-12H2,(H,22,24)/t13-,16+/m0/s1. The average molecular weight is 358 g/mol. The lowest BCUT2D eigenvalue weighted by Crippen LogP contribution is -2.46. The second kappa shape index (κ2) is 7.02. The van der Waals surface area contributed by atoms with Gasteiger partial charge in [0, 0.05) is 37.0 Å². The first-order valence-electron chi connectivity index (χ1n) is 8.58. The van der Waals surface area contributed by atoms with Crippen molar-refractivity contribution < 1.29 is 9.53 Å². The van der Waals surface area contributed by atoms with Crippen LogP contribution in [-0.4, -0.2) is 41.5 Å².